The summed E-state index contributed by atoms with van der Waals surface area (Å²) in [4.78, 5) is 30.2. The van der Waals surface area contributed by atoms with Gasteiger partial charge in [-0.25, -0.2) is 9.37 Å². The lowest BCUT2D eigenvalue weighted by atomic mass is 10.1. The predicted octanol–water partition coefficient (Wildman–Crippen LogP) is 3.19. The normalized spacial score (nSPS) is 14.0. The molecule has 154 valence electrons. The number of nitrogens with one attached hydrogen (secondary N) is 2. The zero-order chi connectivity index (χ0) is 21.2. The van der Waals surface area contributed by atoms with Crippen LogP contribution in [0.25, 0.3) is 0 Å². The molecular formula is C21H26FN5O2. The summed E-state index contributed by atoms with van der Waals surface area (Å²) in [6.07, 6.45) is 1.97. The highest BCUT2D eigenvalue weighted by atomic mass is 19.1. The molecule has 0 atom stereocenters. The van der Waals surface area contributed by atoms with Crippen LogP contribution >= 0.6 is 0 Å². The van der Waals surface area contributed by atoms with Crippen LogP contribution in [-0.4, -0.2) is 35.4 Å². The third-order valence-electron chi connectivity index (χ3n) is 4.53. The third-order valence-corrected chi connectivity index (χ3v) is 4.53. The summed E-state index contributed by atoms with van der Waals surface area (Å²) in [5.41, 5.74) is 6.22. The maximum absolute atomic E-state index is 14.5. The highest BCUT2D eigenvalue weighted by molar-refractivity contribution is 5.98. The van der Waals surface area contributed by atoms with Crippen molar-refractivity contribution in [3.63, 3.8) is 0 Å². The first kappa shape index (κ1) is 20.6. The number of pyridine rings is 1. The van der Waals surface area contributed by atoms with E-state index in [1.165, 1.54) is 0 Å². The molecule has 1 aliphatic rings. The third kappa shape index (κ3) is 5.01. The van der Waals surface area contributed by atoms with E-state index < -0.39 is 11.7 Å². The van der Waals surface area contributed by atoms with Crippen LogP contribution in [0.5, 0.6) is 0 Å². The van der Waals surface area contributed by atoms with Crippen molar-refractivity contribution in [3.05, 3.63) is 47.3 Å². The highest BCUT2D eigenvalue weighted by Gasteiger charge is 2.23. The van der Waals surface area contributed by atoms with Crippen molar-refractivity contribution < 1.29 is 14.0 Å². The topological polar surface area (TPSA) is 100 Å². The number of halogens is 1. The van der Waals surface area contributed by atoms with Gasteiger partial charge in [-0.05, 0) is 63.9 Å². The van der Waals surface area contributed by atoms with Crippen molar-refractivity contribution in [3.8, 4) is 0 Å². The second kappa shape index (κ2) is 8.06. The molecule has 2 heterocycles. The molecule has 0 saturated carbocycles. The van der Waals surface area contributed by atoms with E-state index in [4.69, 9.17) is 5.73 Å². The van der Waals surface area contributed by atoms with E-state index in [1.807, 2.05) is 25.7 Å². The lowest BCUT2D eigenvalue weighted by Gasteiger charge is -2.21. The Morgan fingerprint density at radius 1 is 1.14 bits per heavy atom. The van der Waals surface area contributed by atoms with Crippen LogP contribution in [0, 0.1) is 5.82 Å². The summed E-state index contributed by atoms with van der Waals surface area (Å²) in [6.45, 7) is 7.21. The Morgan fingerprint density at radius 2 is 1.76 bits per heavy atom. The molecule has 3 rings (SSSR count). The SMILES string of the molecule is CC(C)(C)NC(=O)c1ccc(Nc2nc(N3CCCC3)c(C(N)=O)cc2F)cc1. The zero-order valence-corrected chi connectivity index (χ0v) is 16.9. The lowest BCUT2D eigenvalue weighted by molar-refractivity contribution is 0.0918. The number of benzene rings is 1. The Hall–Kier alpha value is -3.16. The van der Waals surface area contributed by atoms with Crippen LogP contribution < -0.4 is 21.3 Å². The second-order valence-corrected chi connectivity index (χ2v) is 8.15. The molecule has 1 aromatic carbocycles. The van der Waals surface area contributed by atoms with Gasteiger partial charge in [0.1, 0.15) is 5.82 Å². The molecule has 0 spiro atoms. The number of anilines is 3. The van der Waals surface area contributed by atoms with Gasteiger partial charge in [0.05, 0.1) is 5.56 Å². The standard InChI is InChI=1S/C21H26FN5O2/c1-21(2,3)26-20(29)13-6-8-14(9-7-13)24-18-16(22)12-15(17(23)28)19(25-18)27-10-4-5-11-27/h6-9,12H,4-5,10-11H2,1-3H3,(H2,23,28)(H,24,25)(H,26,29). The van der Waals surface area contributed by atoms with E-state index in [0.717, 1.165) is 32.0 Å². The van der Waals surface area contributed by atoms with E-state index in [0.29, 0.717) is 17.1 Å². The fourth-order valence-corrected chi connectivity index (χ4v) is 3.17. The van der Waals surface area contributed by atoms with Gasteiger partial charge in [0.2, 0.25) is 0 Å². The molecule has 1 saturated heterocycles. The Balaban J connectivity index is 1.83. The van der Waals surface area contributed by atoms with E-state index in [-0.39, 0.29) is 22.8 Å². The monoisotopic (exact) mass is 399 g/mol. The zero-order valence-electron chi connectivity index (χ0n) is 16.9. The average molecular weight is 399 g/mol. The van der Waals surface area contributed by atoms with Gasteiger partial charge in [-0.1, -0.05) is 0 Å². The molecule has 0 aliphatic carbocycles. The van der Waals surface area contributed by atoms with Crippen molar-refractivity contribution in [1.29, 1.82) is 0 Å². The maximum Gasteiger partial charge on any atom is 0.252 e. The first-order chi connectivity index (χ1) is 13.6. The molecule has 2 aromatic rings. The summed E-state index contributed by atoms with van der Waals surface area (Å²) in [7, 11) is 0. The Morgan fingerprint density at radius 3 is 2.31 bits per heavy atom. The van der Waals surface area contributed by atoms with E-state index >= 15 is 0 Å². The van der Waals surface area contributed by atoms with Crippen molar-refractivity contribution in [2.45, 2.75) is 39.2 Å². The highest BCUT2D eigenvalue weighted by Crippen LogP contribution is 2.28. The predicted molar refractivity (Wildman–Crippen MR) is 111 cm³/mol. The van der Waals surface area contributed by atoms with Gasteiger partial charge in [0.25, 0.3) is 11.8 Å². The number of aromatic nitrogens is 1. The molecule has 2 amide bonds. The Kier molecular flexibility index (Phi) is 5.72. The van der Waals surface area contributed by atoms with Gasteiger partial charge >= 0.3 is 0 Å². The van der Waals surface area contributed by atoms with Crippen molar-refractivity contribution in [2.24, 2.45) is 5.73 Å². The van der Waals surface area contributed by atoms with Crippen LogP contribution in [0.4, 0.5) is 21.7 Å². The minimum absolute atomic E-state index is 0.00351. The van der Waals surface area contributed by atoms with E-state index in [2.05, 4.69) is 15.6 Å². The van der Waals surface area contributed by atoms with Gasteiger partial charge in [-0.2, -0.15) is 0 Å². The number of rotatable bonds is 5. The van der Waals surface area contributed by atoms with Crippen LogP contribution in [-0.2, 0) is 0 Å². The van der Waals surface area contributed by atoms with Crippen LogP contribution in [0.2, 0.25) is 0 Å². The molecule has 1 fully saturated rings. The molecule has 1 aromatic heterocycles. The van der Waals surface area contributed by atoms with Crippen LogP contribution in [0.1, 0.15) is 54.3 Å². The fraction of sp³-hybridized carbons (Fsp3) is 0.381. The molecule has 4 N–H and O–H groups in total. The largest absolute Gasteiger partial charge is 0.365 e. The summed E-state index contributed by atoms with van der Waals surface area (Å²) in [5.74, 6) is -1.17. The number of hydrogen-bond donors (Lipinski definition) is 3. The number of hydrogen-bond acceptors (Lipinski definition) is 5. The van der Waals surface area contributed by atoms with Gasteiger partial charge in [0, 0.05) is 29.9 Å². The Bertz CT molecular complexity index is 916. The van der Waals surface area contributed by atoms with E-state index in [1.54, 1.807) is 24.3 Å². The molecule has 0 bridgehead atoms. The van der Waals surface area contributed by atoms with Crippen LogP contribution in [0.3, 0.4) is 0 Å². The minimum Gasteiger partial charge on any atom is -0.365 e. The first-order valence-corrected chi connectivity index (χ1v) is 9.59. The molecule has 0 radical (unpaired) electrons. The summed E-state index contributed by atoms with van der Waals surface area (Å²) in [6, 6.07) is 7.78. The molecule has 0 unspecified atom stereocenters. The maximum atomic E-state index is 14.5. The summed E-state index contributed by atoms with van der Waals surface area (Å²) in [5, 5.41) is 5.81. The summed E-state index contributed by atoms with van der Waals surface area (Å²) >= 11 is 0. The number of carbonyl (C=O) groups excluding carboxylic acids is 2. The number of nitrogens with two attached hydrogens (primary N) is 1. The molecular weight excluding hydrogens is 373 g/mol. The fourth-order valence-electron chi connectivity index (χ4n) is 3.17. The van der Waals surface area contributed by atoms with Crippen molar-refractivity contribution in [2.75, 3.05) is 23.3 Å². The number of amides is 2. The average Bonchev–Trinajstić information content (AvgIpc) is 3.16. The van der Waals surface area contributed by atoms with Crippen LogP contribution in [0.15, 0.2) is 30.3 Å². The number of nitrogens with zero attached hydrogens (tertiary/aromatic N) is 2. The lowest BCUT2D eigenvalue weighted by Crippen LogP contribution is -2.40. The van der Waals surface area contributed by atoms with E-state index in [9.17, 15) is 14.0 Å². The molecule has 8 heteroatoms. The van der Waals surface area contributed by atoms with Gasteiger partial charge in [-0.3, -0.25) is 9.59 Å². The quantitative estimate of drug-likeness (QED) is 0.717. The Labute approximate surface area is 169 Å². The van der Waals surface area contributed by atoms with Gasteiger partial charge in [-0.15, -0.1) is 0 Å². The molecule has 1 aliphatic heterocycles. The van der Waals surface area contributed by atoms with Gasteiger partial charge in [0.15, 0.2) is 11.6 Å². The first-order valence-electron chi connectivity index (χ1n) is 9.59. The van der Waals surface area contributed by atoms with Gasteiger partial charge < -0.3 is 21.3 Å². The summed E-state index contributed by atoms with van der Waals surface area (Å²) < 4.78 is 14.5. The molecule has 29 heavy (non-hydrogen) atoms. The smallest absolute Gasteiger partial charge is 0.252 e. The number of primary amides is 1. The second-order valence-electron chi connectivity index (χ2n) is 8.15. The van der Waals surface area contributed by atoms with Crippen molar-refractivity contribution >= 4 is 29.1 Å². The number of carbonyl (C=O) groups is 2. The van der Waals surface area contributed by atoms with Crippen molar-refractivity contribution in [1.82, 2.24) is 10.3 Å². The minimum atomic E-state index is -0.709. The molecule has 7 nitrogen and oxygen atoms in total.